The normalized spacial score (nSPS) is 10.3. The summed E-state index contributed by atoms with van der Waals surface area (Å²) in [6.45, 7) is 4.90. The summed E-state index contributed by atoms with van der Waals surface area (Å²) in [4.78, 5) is 12.0. The van der Waals surface area contributed by atoms with E-state index in [1.165, 1.54) is 5.56 Å². The van der Waals surface area contributed by atoms with E-state index >= 15 is 0 Å². The monoisotopic (exact) mass is 368 g/mol. The quantitative estimate of drug-likeness (QED) is 0.528. The van der Waals surface area contributed by atoms with Gasteiger partial charge >= 0.3 is 0 Å². The molecule has 2 rings (SSSR count). The maximum atomic E-state index is 12.0. The third-order valence-corrected chi connectivity index (χ3v) is 4.69. The minimum absolute atomic E-state index is 0.0808. The van der Waals surface area contributed by atoms with Gasteiger partial charge in [0.1, 0.15) is 0 Å². The van der Waals surface area contributed by atoms with Gasteiger partial charge < -0.3 is 10.6 Å². The number of thioether (sulfide) groups is 1. The summed E-state index contributed by atoms with van der Waals surface area (Å²) in [6.07, 6.45) is 5.64. The van der Waals surface area contributed by atoms with Crippen molar-refractivity contribution in [2.75, 3.05) is 23.9 Å². The topological polar surface area (TPSA) is 41.1 Å². The number of amides is 1. The molecule has 0 radical (unpaired) electrons. The number of carbonyl (C=O) groups excluding carboxylic acids is 1. The smallest absolute Gasteiger partial charge is 0.224 e. The van der Waals surface area contributed by atoms with E-state index in [0.717, 1.165) is 48.5 Å². The van der Waals surface area contributed by atoms with Crippen LogP contribution in [0.5, 0.6) is 0 Å². The van der Waals surface area contributed by atoms with Gasteiger partial charge in [-0.2, -0.15) is 11.8 Å². The minimum Gasteiger partial charge on any atom is -0.388 e. The Morgan fingerprint density at radius 3 is 2.35 bits per heavy atom. The van der Waals surface area contributed by atoms with Crippen LogP contribution in [0.15, 0.2) is 66.9 Å². The minimum atomic E-state index is 0.0808. The van der Waals surface area contributed by atoms with Gasteiger partial charge in [0.25, 0.3) is 0 Å². The van der Waals surface area contributed by atoms with Crippen LogP contribution in [-0.2, 0) is 4.79 Å². The van der Waals surface area contributed by atoms with Crippen LogP contribution in [0.3, 0.4) is 0 Å². The summed E-state index contributed by atoms with van der Waals surface area (Å²) in [6, 6.07) is 18.2. The summed E-state index contributed by atoms with van der Waals surface area (Å²) in [5.41, 5.74) is 4.26. The van der Waals surface area contributed by atoms with E-state index in [4.69, 9.17) is 0 Å². The van der Waals surface area contributed by atoms with Crippen LogP contribution < -0.4 is 10.6 Å². The fraction of sp³-hybridized carbons (Fsp3) is 0.318. The lowest BCUT2D eigenvalue weighted by molar-refractivity contribution is -0.116. The lowest BCUT2D eigenvalue weighted by atomic mass is 10.1. The van der Waals surface area contributed by atoms with Crippen molar-refractivity contribution in [1.29, 1.82) is 0 Å². The first kappa shape index (κ1) is 20.1. The zero-order valence-corrected chi connectivity index (χ0v) is 16.3. The van der Waals surface area contributed by atoms with Gasteiger partial charge in [-0.3, -0.25) is 4.79 Å². The molecule has 4 heteroatoms. The molecule has 0 atom stereocenters. The Labute approximate surface area is 161 Å². The molecule has 3 nitrogen and oxygen atoms in total. The highest BCUT2D eigenvalue weighted by Crippen LogP contribution is 2.21. The maximum Gasteiger partial charge on any atom is 0.224 e. The SMILES string of the molecule is C=C(CSC)NCCCCCC(=O)Nc1ccc(-c2ccccc2)cc1. The fourth-order valence-electron chi connectivity index (χ4n) is 2.68. The van der Waals surface area contributed by atoms with Gasteiger partial charge in [0, 0.05) is 30.1 Å². The summed E-state index contributed by atoms with van der Waals surface area (Å²) in [5.74, 6) is 1.03. The Hall–Kier alpha value is -2.20. The number of hydrogen-bond acceptors (Lipinski definition) is 3. The molecule has 1 amide bonds. The van der Waals surface area contributed by atoms with Gasteiger partial charge in [0.2, 0.25) is 5.91 Å². The van der Waals surface area contributed by atoms with E-state index in [9.17, 15) is 4.79 Å². The molecule has 0 saturated heterocycles. The number of unbranched alkanes of at least 4 members (excludes halogenated alkanes) is 2. The summed E-state index contributed by atoms with van der Waals surface area (Å²) >= 11 is 1.77. The first-order valence-electron chi connectivity index (χ1n) is 9.05. The number of rotatable bonds is 11. The first-order chi connectivity index (χ1) is 12.7. The van der Waals surface area contributed by atoms with Gasteiger partial charge in [0.05, 0.1) is 0 Å². The molecular weight excluding hydrogens is 340 g/mol. The highest BCUT2D eigenvalue weighted by molar-refractivity contribution is 7.98. The summed E-state index contributed by atoms with van der Waals surface area (Å²) in [7, 11) is 0. The van der Waals surface area contributed by atoms with Crippen molar-refractivity contribution in [3.8, 4) is 11.1 Å². The molecule has 0 saturated carbocycles. The van der Waals surface area contributed by atoms with Crippen LogP contribution in [-0.4, -0.2) is 24.5 Å². The standard InChI is InChI=1S/C22H28N2OS/c1-18(17-26-2)23-16-8-4-7-11-22(25)24-21-14-12-20(13-15-21)19-9-5-3-6-10-19/h3,5-6,9-10,12-15,23H,1,4,7-8,11,16-17H2,2H3,(H,24,25). The Morgan fingerprint density at radius 1 is 0.962 bits per heavy atom. The lowest BCUT2D eigenvalue weighted by Gasteiger charge is -2.08. The second kappa shape index (κ2) is 11.4. The number of nitrogens with one attached hydrogen (secondary N) is 2. The van der Waals surface area contributed by atoms with E-state index in [-0.39, 0.29) is 5.91 Å². The van der Waals surface area contributed by atoms with Gasteiger partial charge in [-0.05, 0) is 42.4 Å². The third kappa shape index (κ3) is 7.36. The Morgan fingerprint density at radius 2 is 1.65 bits per heavy atom. The molecule has 0 aliphatic heterocycles. The molecule has 2 aromatic carbocycles. The fourth-order valence-corrected chi connectivity index (χ4v) is 3.13. The predicted octanol–water partition coefficient (Wildman–Crippen LogP) is 5.32. The first-order valence-corrected chi connectivity index (χ1v) is 10.4. The Bertz CT molecular complexity index is 683. The molecule has 0 aliphatic rings. The van der Waals surface area contributed by atoms with Gasteiger partial charge in [-0.1, -0.05) is 55.5 Å². The molecular formula is C22H28N2OS. The van der Waals surface area contributed by atoms with Gasteiger partial charge in [-0.25, -0.2) is 0 Å². The van der Waals surface area contributed by atoms with Gasteiger partial charge in [-0.15, -0.1) is 0 Å². The third-order valence-electron chi connectivity index (χ3n) is 4.05. The number of benzene rings is 2. The van der Waals surface area contributed by atoms with Crippen molar-refractivity contribution >= 4 is 23.4 Å². The number of carbonyl (C=O) groups is 1. The Kier molecular flexibility index (Phi) is 8.84. The molecule has 138 valence electrons. The van der Waals surface area contributed by atoms with E-state index < -0.39 is 0 Å². The highest BCUT2D eigenvalue weighted by atomic mass is 32.2. The van der Waals surface area contributed by atoms with E-state index in [1.807, 2.05) is 42.5 Å². The summed E-state index contributed by atoms with van der Waals surface area (Å²) < 4.78 is 0. The molecule has 2 aromatic rings. The van der Waals surface area contributed by atoms with E-state index in [0.29, 0.717) is 6.42 Å². The van der Waals surface area contributed by atoms with Crippen LogP contribution >= 0.6 is 11.8 Å². The van der Waals surface area contributed by atoms with Crippen molar-refractivity contribution in [3.05, 3.63) is 66.9 Å². The number of anilines is 1. The molecule has 26 heavy (non-hydrogen) atoms. The second-order valence-electron chi connectivity index (χ2n) is 6.27. The Balaban J connectivity index is 1.64. The van der Waals surface area contributed by atoms with Crippen molar-refractivity contribution in [3.63, 3.8) is 0 Å². The van der Waals surface area contributed by atoms with E-state index in [1.54, 1.807) is 11.8 Å². The largest absolute Gasteiger partial charge is 0.388 e. The molecule has 0 unspecified atom stereocenters. The molecule has 0 bridgehead atoms. The van der Waals surface area contributed by atoms with Gasteiger partial charge in [0.15, 0.2) is 0 Å². The van der Waals surface area contributed by atoms with Crippen molar-refractivity contribution in [2.45, 2.75) is 25.7 Å². The molecule has 0 aliphatic carbocycles. The molecule has 0 spiro atoms. The molecule has 0 aromatic heterocycles. The van der Waals surface area contributed by atoms with E-state index in [2.05, 4.69) is 35.6 Å². The lowest BCUT2D eigenvalue weighted by Crippen LogP contribution is -2.15. The van der Waals surface area contributed by atoms with Crippen molar-refractivity contribution in [2.24, 2.45) is 0 Å². The van der Waals surface area contributed by atoms with Crippen LogP contribution in [0.1, 0.15) is 25.7 Å². The van der Waals surface area contributed by atoms with Crippen LogP contribution in [0.4, 0.5) is 5.69 Å². The molecule has 2 N–H and O–H groups in total. The van der Waals surface area contributed by atoms with Crippen LogP contribution in [0.2, 0.25) is 0 Å². The van der Waals surface area contributed by atoms with Crippen LogP contribution in [0, 0.1) is 0 Å². The zero-order valence-electron chi connectivity index (χ0n) is 15.5. The maximum absolute atomic E-state index is 12.0. The molecule has 0 fully saturated rings. The average Bonchev–Trinajstić information content (AvgIpc) is 2.66. The average molecular weight is 369 g/mol. The number of hydrogen-bond donors (Lipinski definition) is 2. The summed E-state index contributed by atoms with van der Waals surface area (Å²) in [5, 5.41) is 6.29. The zero-order chi connectivity index (χ0) is 18.6. The second-order valence-corrected chi connectivity index (χ2v) is 7.13. The van der Waals surface area contributed by atoms with Crippen LogP contribution in [0.25, 0.3) is 11.1 Å². The van der Waals surface area contributed by atoms with Crippen molar-refractivity contribution < 1.29 is 4.79 Å². The molecule has 0 heterocycles. The van der Waals surface area contributed by atoms with Crippen molar-refractivity contribution in [1.82, 2.24) is 5.32 Å². The predicted molar refractivity (Wildman–Crippen MR) is 115 cm³/mol. The highest BCUT2D eigenvalue weighted by Gasteiger charge is 2.03.